The molecule has 0 amide bonds. The Morgan fingerprint density at radius 2 is 1.28 bits per heavy atom. The Labute approximate surface area is 110 Å². The number of benzene rings is 2. The summed E-state index contributed by atoms with van der Waals surface area (Å²) in [5.74, 6) is 0.917. The Morgan fingerprint density at radius 1 is 0.833 bits per heavy atom. The predicted molar refractivity (Wildman–Crippen MR) is 79.0 cm³/mol. The van der Waals surface area contributed by atoms with E-state index in [1.165, 1.54) is 16.7 Å². The van der Waals surface area contributed by atoms with Crippen LogP contribution in [0.1, 0.15) is 16.7 Å². The van der Waals surface area contributed by atoms with E-state index in [1.807, 2.05) is 30.3 Å². The molecule has 0 fully saturated rings. The molecule has 0 aliphatic rings. The Kier molecular flexibility index (Phi) is 5.72. The Balaban J connectivity index is 0.000000180. The Morgan fingerprint density at radius 3 is 1.67 bits per heavy atom. The molecular weight excluding hydrogens is 220 g/mol. The van der Waals surface area contributed by atoms with E-state index in [0.717, 1.165) is 5.75 Å². The highest BCUT2D eigenvalue weighted by Crippen LogP contribution is 2.09. The van der Waals surface area contributed by atoms with Gasteiger partial charge in [-0.2, -0.15) is 0 Å². The van der Waals surface area contributed by atoms with Crippen molar-refractivity contribution in [3.8, 4) is 5.75 Å². The lowest BCUT2D eigenvalue weighted by Crippen LogP contribution is -1.80. The van der Waals surface area contributed by atoms with Crippen LogP contribution in [0.25, 0.3) is 6.08 Å². The zero-order valence-corrected chi connectivity index (χ0v) is 11.3. The van der Waals surface area contributed by atoms with E-state index >= 15 is 0 Å². The van der Waals surface area contributed by atoms with Crippen molar-refractivity contribution in [2.24, 2.45) is 0 Å². The van der Waals surface area contributed by atoms with Gasteiger partial charge in [0.2, 0.25) is 0 Å². The van der Waals surface area contributed by atoms with Crippen LogP contribution in [0.5, 0.6) is 5.75 Å². The van der Waals surface area contributed by atoms with Gasteiger partial charge in [-0.05, 0) is 31.5 Å². The fraction of sp³-hybridized carbons (Fsp3) is 0.176. The summed E-state index contributed by atoms with van der Waals surface area (Å²) in [6, 6.07) is 16.2. The zero-order chi connectivity index (χ0) is 13.4. The lowest BCUT2D eigenvalue weighted by atomic mass is 10.2. The number of rotatable bonds is 2. The first-order valence-corrected chi connectivity index (χ1v) is 5.95. The normalized spacial score (nSPS) is 9.06. The zero-order valence-electron chi connectivity index (χ0n) is 11.3. The van der Waals surface area contributed by atoms with E-state index < -0.39 is 0 Å². The quantitative estimate of drug-likeness (QED) is 0.743. The fourth-order valence-corrected chi connectivity index (χ4v) is 1.38. The second-order valence-electron chi connectivity index (χ2n) is 4.13. The molecule has 1 nitrogen and oxygen atoms in total. The van der Waals surface area contributed by atoms with Crippen molar-refractivity contribution >= 4 is 6.08 Å². The smallest absolute Gasteiger partial charge is 0.118 e. The highest BCUT2D eigenvalue weighted by molar-refractivity contribution is 5.46. The van der Waals surface area contributed by atoms with Crippen molar-refractivity contribution in [1.82, 2.24) is 0 Å². The molecule has 0 saturated heterocycles. The maximum absolute atomic E-state index is 4.97. The molecule has 1 heteroatoms. The van der Waals surface area contributed by atoms with Gasteiger partial charge in [0.1, 0.15) is 5.75 Å². The van der Waals surface area contributed by atoms with Crippen LogP contribution in [0.3, 0.4) is 0 Å². The highest BCUT2D eigenvalue weighted by atomic mass is 16.5. The summed E-state index contributed by atoms with van der Waals surface area (Å²) in [4.78, 5) is 0. The number of aryl methyl sites for hydroxylation is 2. The molecule has 0 atom stereocenters. The van der Waals surface area contributed by atoms with E-state index in [4.69, 9.17) is 4.74 Å². The average molecular weight is 240 g/mol. The lowest BCUT2D eigenvalue weighted by molar-refractivity contribution is 0.414. The van der Waals surface area contributed by atoms with Gasteiger partial charge in [0.25, 0.3) is 0 Å². The summed E-state index contributed by atoms with van der Waals surface area (Å²) < 4.78 is 4.97. The van der Waals surface area contributed by atoms with E-state index in [1.54, 1.807) is 7.11 Å². The van der Waals surface area contributed by atoms with E-state index in [0.29, 0.717) is 0 Å². The van der Waals surface area contributed by atoms with E-state index in [2.05, 4.69) is 44.7 Å². The van der Waals surface area contributed by atoms with Gasteiger partial charge in [0, 0.05) is 0 Å². The Hall–Kier alpha value is -2.02. The third-order valence-electron chi connectivity index (χ3n) is 2.57. The third-order valence-corrected chi connectivity index (χ3v) is 2.57. The average Bonchev–Trinajstić information content (AvgIpc) is 2.41. The van der Waals surface area contributed by atoms with Crippen LogP contribution in [0.2, 0.25) is 0 Å². The van der Waals surface area contributed by atoms with Crippen LogP contribution < -0.4 is 4.74 Å². The molecule has 18 heavy (non-hydrogen) atoms. The first kappa shape index (κ1) is 14.0. The molecule has 0 saturated carbocycles. The summed E-state index contributed by atoms with van der Waals surface area (Å²) in [5.41, 5.74) is 3.73. The lowest BCUT2D eigenvalue weighted by Gasteiger charge is -1.97. The van der Waals surface area contributed by atoms with Crippen LogP contribution in [-0.2, 0) is 0 Å². The fourth-order valence-electron chi connectivity index (χ4n) is 1.38. The maximum atomic E-state index is 4.97. The monoisotopic (exact) mass is 240 g/mol. The minimum Gasteiger partial charge on any atom is -0.497 e. The van der Waals surface area contributed by atoms with Gasteiger partial charge in [-0.15, -0.1) is 0 Å². The number of hydrogen-bond donors (Lipinski definition) is 0. The van der Waals surface area contributed by atoms with Crippen LogP contribution in [0.15, 0.2) is 55.1 Å². The molecule has 0 unspecified atom stereocenters. The maximum Gasteiger partial charge on any atom is 0.118 e. The standard InChI is InChI=1S/C9H10.C8H10O/c1-3-9-6-4-8(2)5-7-9;1-7-3-5-8(9-2)6-4-7/h3-7H,1H2,2H3;3-6H,1-2H3. The third kappa shape index (κ3) is 4.88. The van der Waals surface area contributed by atoms with Crippen LogP contribution in [0, 0.1) is 13.8 Å². The molecule has 0 heterocycles. The molecule has 0 aliphatic carbocycles. The largest absolute Gasteiger partial charge is 0.497 e. The molecule has 0 bridgehead atoms. The SMILES string of the molecule is C=Cc1ccc(C)cc1.COc1ccc(C)cc1. The minimum atomic E-state index is 0.917. The molecule has 94 valence electrons. The molecule has 0 aromatic heterocycles. The molecule has 0 radical (unpaired) electrons. The van der Waals surface area contributed by atoms with Gasteiger partial charge in [0.15, 0.2) is 0 Å². The second kappa shape index (κ2) is 7.33. The van der Waals surface area contributed by atoms with Crippen molar-refractivity contribution in [2.45, 2.75) is 13.8 Å². The van der Waals surface area contributed by atoms with Crippen molar-refractivity contribution in [3.05, 3.63) is 71.8 Å². The highest BCUT2D eigenvalue weighted by Gasteiger charge is 1.85. The van der Waals surface area contributed by atoms with Gasteiger partial charge in [-0.3, -0.25) is 0 Å². The molecular formula is C17H20O. The van der Waals surface area contributed by atoms with Crippen molar-refractivity contribution in [2.75, 3.05) is 7.11 Å². The van der Waals surface area contributed by atoms with Crippen molar-refractivity contribution in [3.63, 3.8) is 0 Å². The summed E-state index contributed by atoms with van der Waals surface area (Å²) >= 11 is 0. The van der Waals surface area contributed by atoms with Crippen LogP contribution in [-0.4, -0.2) is 7.11 Å². The van der Waals surface area contributed by atoms with Gasteiger partial charge in [-0.1, -0.05) is 60.2 Å². The summed E-state index contributed by atoms with van der Waals surface area (Å²) in [7, 11) is 1.67. The van der Waals surface area contributed by atoms with Crippen molar-refractivity contribution < 1.29 is 4.74 Å². The van der Waals surface area contributed by atoms with Gasteiger partial charge in [-0.25, -0.2) is 0 Å². The molecule has 0 N–H and O–H groups in total. The first-order chi connectivity index (χ1) is 8.65. The predicted octanol–water partition coefficient (Wildman–Crippen LogP) is 4.64. The van der Waals surface area contributed by atoms with Crippen LogP contribution in [0.4, 0.5) is 0 Å². The van der Waals surface area contributed by atoms with E-state index in [-0.39, 0.29) is 0 Å². The topological polar surface area (TPSA) is 9.23 Å². The Bertz CT molecular complexity index is 466. The molecule has 2 rings (SSSR count). The molecule has 2 aromatic carbocycles. The van der Waals surface area contributed by atoms with Crippen LogP contribution >= 0.6 is 0 Å². The van der Waals surface area contributed by atoms with E-state index in [9.17, 15) is 0 Å². The molecule has 0 spiro atoms. The van der Waals surface area contributed by atoms with Gasteiger partial charge < -0.3 is 4.74 Å². The number of hydrogen-bond acceptors (Lipinski definition) is 1. The van der Waals surface area contributed by atoms with Gasteiger partial charge in [0.05, 0.1) is 7.11 Å². The second-order valence-corrected chi connectivity index (χ2v) is 4.13. The molecule has 2 aromatic rings. The minimum absolute atomic E-state index is 0.917. The summed E-state index contributed by atoms with van der Waals surface area (Å²) in [6.45, 7) is 7.79. The summed E-state index contributed by atoms with van der Waals surface area (Å²) in [6.07, 6.45) is 1.85. The molecule has 0 aliphatic heterocycles. The van der Waals surface area contributed by atoms with Gasteiger partial charge >= 0.3 is 0 Å². The number of methoxy groups -OCH3 is 1. The van der Waals surface area contributed by atoms with Crippen molar-refractivity contribution in [1.29, 1.82) is 0 Å². The summed E-state index contributed by atoms with van der Waals surface area (Å²) in [5, 5.41) is 0. The first-order valence-electron chi connectivity index (χ1n) is 5.95. The number of ether oxygens (including phenoxy) is 1.